The van der Waals surface area contributed by atoms with Crippen molar-refractivity contribution in [1.29, 1.82) is 0 Å². The molecule has 1 aliphatic rings. The third-order valence-electron chi connectivity index (χ3n) is 1.40. The summed E-state index contributed by atoms with van der Waals surface area (Å²) < 4.78 is 10.6. The molecule has 1 fully saturated rings. The van der Waals surface area contributed by atoms with Gasteiger partial charge in [0.05, 0.1) is 13.2 Å². The van der Waals surface area contributed by atoms with Crippen LogP contribution in [0.5, 0.6) is 0 Å². The first-order valence-corrected chi connectivity index (χ1v) is 3.49. The maximum Gasteiger partial charge on any atom is 0.230 e. The molecule has 0 aromatic carbocycles. The molecule has 1 saturated heterocycles. The Morgan fingerprint density at radius 3 is 2.40 bits per heavy atom. The Bertz CT molecular complexity index is 158. The molecule has 0 radical (unpaired) electrons. The summed E-state index contributed by atoms with van der Waals surface area (Å²) in [6.07, 6.45) is 0.973. The van der Waals surface area contributed by atoms with E-state index in [0.717, 1.165) is 19.6 Å². The van der Waals surface area contributed by atoms with Crippen molar-refractivity contribution in [3.05, 3.63) is 0 Å². The molecule has 0 aromatic heterocycles. The number of rotatable bonds is 0. The second-order valence-corrected chi connectivity index (χ2v) is 2.37. The van der Waals surface area contributed by atoms with Crippen molar-refractivity contribution in [3.8, 4) is 11.8 Å². The Kier molecular flexibility index (Phi) is 2.31. The molecule has 0 N–H and O–H groups in total. The van der Waals surface area contributed by atoms with Gasteiger partial charge in [0.25, 0.3) is 0 Å². The van der Waals surface area contributed by atoms with E-state index in [1.807, 2.05) is 6.92 Å². The van der Waals surface area contributed by atoms with Crippen LogP contribution in [-0.2, 0) is 9.47 Å². The van der Waals surface area contributed by atoms with Crippen molar-refractivity contribution >= 4 is 0 Å². The molecular formula is C8H12O2. The van der Waals surface area contributed by atoms with Gasteiger partial charge in [0, 0.05) is 6.92 Å². The zero-order valence-electron chi connectivity index (χ0n) is 6.44. The molecule has 1 aliphatic heterocycles. The van der Waals surface area contributed by atoms with Crippen molar-refractivity contribution in [2.24, 2.45) is 0 Å². The van der Waals surface area contributed by atoms with Crippen LogP contribution in [0, 0.1) is 11.8 Å². The van der Waals surface area contributed by atoms with Crippen LogP contribution in [-0.4, -0.2) is 19.0 Å². The van der Waals surface area contributed by atoms with Crippen molar-refractivity contribution in [3.63, 3.8) is 0 Å². The van der Waals surface area contributed by atoms with Crippen LogP contribution in [0.15, 0.2) is 0 Å². The van der Waals surface area contributed by atoms with Gasteiger partial charge in [0.15, 0.2) is 0 Å². The second-order valence-electron chi connectivity index (χ2n) is 2.37. The van der Waals surface area contributed by atoms with E-state index in [2.05, 4.69) is 11.8 Å². The Morgan fingerprint density at radius 2 is 1.90 bits per heavy atom. The molecule has 0 aliphatic carbocycles. The van der Waals surface area contributed by atoms with E-state index in [9.17, 15) is 0 Å². The van der Waals surface area contributed by atoms with Gasteiger partial charge in [-0.1, -0.05) is 0 Å². The molecule has 1 heterocycles. The lowest BCUT2D eigenvalue weighted by Crippen LogP contribution is -2.35. The monoisotopic (exact) mass is 140 g/mol. The molecule has 0 aromatic rings. The molecule has 1 rings (SSSR count). The molecule has 0 unspecified atom stereocenters. The van der Waals surface area contributed by atoms with Crippen LogP contribution in [0.25, 0.3) is 0 Å². The molecule has 0 atom stereocenters. The number of hydrogen-bond donors (Lipinski definition) is 0. The van der Waals surface area contributed by atoms with Gasteiger partial charge in [-0.15, -0.1) is 5.92 Å². The lowest BCUT2D eigenvalue weighted by Gasteiger charge is -2.28. The van der Waals surface area contributed by atoms with Gasteiger partial charge in [0.1, 0.15) is 0 Å². The summed E-state index contributed by atoms with van der Waals surface area (Å²) in [5, 5.41) is 0. The minimum atomic E-state index is -0.632. The summed E-state index contributed by atoms with van der Waals surface area (Å²) in [4.78, 5) is 0. The second kappa shape index (κ2) is 3.05. The topological polar surface area (TPSA) is 18.5 Å². The maximum atomic E-state index is 5.31. The summed E-state index contributed by atoms with van der Waals surface area (Å²) in [5.74, 6) is 5.01. The zero-order valence-corrected chi connectivity index (χ0v) is 6.44. The fourth-order valence-corrected chi connectivity index (χ4v) is 0.934. The van der Waals surface area contributed by atoms with Gasteiger partial charge in [-0.2, -0.15) is 0 Å². The molecule has 56 valence electrons. The van der Waals surface area contributed by atoms with Crippen molar-refractivity contribution < 1.29 is 9.47 Å². The molecule has 0 saturated carbocycles. The molecule has 0 amide bonds. The normalized spacial score (nSPS) is 23.0. The highest BCUT2D eigenvalue weighted by molar-refractivity contribution is 5.06. The van der Waals surface area contributed by atoms with E-state index in [0.29, 0.717) is 0 Å². The van der Waals surface area contributed by atoms with Crippen LogP contribution in [0.3, 0.4) is 0 Å². The minimum absolute atomic E-state index is 0.632. The molecular weight excluding hydrogens is 128 g/mol. The average molecular weight is 140 g/mol. The first-order chi connectivity index (χ1) is 4.77. The molecule has 0 spiro atoms. The standard InChI is InChI=1S/C8H12O2/c1-3-5-8(2)9-6-4-7-10-8/h4,6-7H2,1-2H3. The fourth-order valence-electron chi connectivity index (χ4n) is 0.934. The van der Waals surface area contributed by atoms with E-state index in [-0.39, 0.29) is 0 Å². The predicted octanol–water partition coefficient (Wildman–Crippen LogP) is 1.16. The molecule has 2 nitrogen and oxygen atoms in total. The summed E-state index contributed by atoms with van der Waals surface area (Å²) in [7, 11) is 0. The van der Waals surface area contributed by atoms with Crippen molar-refractivity contribution in [1.82, 2.24) is 0 Å². The Labute approximate surface area is 61.5 Å². The lowest BCUT2D eigenvalue weighted by atomic mass is 10.3. The summed E-state index contributed by atoms with van der Waals surface area (Å²) >= 11 is 0. The van der Waals surface area contributed by atoms with E-state index in [4.69, 9.17) is 9.47 Å². The highest BCUT2D eigenvalue weighted by Gasteiger charge is 2.25. The first kappa shape index (κ1) is 7.59. The van der Waals surface area contributed by atoms with Gasteiger partial charge < -0.3 is 9.47 Å². The fraction of sp³-hybridized carbons (Fsp3) is 0.750. The van der Waals surface area contributed by atoms with E-state index >= 15 is 0 Å². The smallest absolute Gasteiger partial charge is 0.230 e. The molecule has 0 bridgehead atoms. The Morgan fingerprint density at radius 1 is 1.30 bits per heavy atom. The van der Waals surface area contributed by atoms with Gasteiger partial charge in [-0.3, -0.25) is 0 Å². The summed E-state index contributed by atoms with van der Waals surface area (Å²) in [5.41, 5.74) is 0. The third kappa shape index (κ3) is 1.73. The highest BCUT2D eigenvalue weighted by atomic mass is 16.7. The molecule has 2 heteroatoms. The first-order valence-electron chi connectivity index (χ1n) is 3.49. The Balaban J connectivity index is 2.53. The Hall–Kier alpha value is -0.520. The van der Waals surface area contributed by atoms with E-state index < -0.39 is 5.79 Å². The van der Waals surface area contributed by atoms with Crippen LogP contribution >= 0.6 is 0 Å². The molecule has 10 heavy (non-hydrogen) atoms. The van der Waals surface area contributed by atoms with Crippen LogP contribution < -0.4 is 0 Å². The van der Waals surface area contributed by atoms with Gasteiger partial charge in [0.2, 0.25) is 5.79 Å². The van der Waals surface area contributed by atoms with Gasteiger partial charge in [-0.25, -0.2) is 0 Å². The minimum Gasteiger partial charge on any atom is -0.340 e. The average Bonchev–Trinajstić information content (AvgIpc) is 1.89. The summed E-state index contributed by atoms with van der Waals surface area (Å²) in [6, 6.07) is 0. The van der Waals surface area contributed by atoms with Crippen molar-refractivity contribution in [2.75, 3.05) is 13.2 Å². The van der Waals surface area contributed by atoms with Crippen LogP contribution in [0.1, 0.15) is 20.3 Å². The largest absolute Gasteiger partial charge is 0.340 e. The SMILES string of the molecule is CC#CC1(C)OCCCO1. The van der Waals surface area contributed by atoms with Crippen LogP contribution in [0.4, 0.5) is 0 Å². The number of hydrogen-bond acceptors (Lipinski definition) is 2. The third-order valence-corrected chi connectivity index (χ3v) is 1.40. The number of ether oxygens (including phenoxy) is 2. The lowest BCUT2D eigenvalue weighted by molar-refractivity contribution is -0.218. The quantitative estimate of drug-likeness (QED) is 0.470. The zero-order chi connectivity index (χ0) is 7.45. The maximum absolute atomic E-state index is 5.31. The summed E-state index contributed by atoms with van der Waals surface area (Å²) in [6.45, 7) is 5.14. The van der Waals surface area contributed by atoms with Crippen molar-refractivity contribution in [2.45, 2.75) is 26.1 Å². The van der Waals surface area contributed by atoms with E-state index in [1.165, 1.54) is 0 Å². The van der Waals surface area contributed by atoms with Gasteiger partial charge >= 0.3 is 0 Å². The predicted molar refractivity (Wildman–Crippen MR) is 38.4 cm³/mol. The highest BCUT2D eigenvalue weighted by Crippen LogP contribution is 2.16. The van der Waals surface area contributed by atoms with E-state index in [1.54, 1.807) is 6.92 Å². The van der Waals surface area contributed by atoms with Gasteiger partial charge in [-0.05, 0) is 19.3 Å². The van der Waals surface area contributed by atoms with Crippen LogP contribution in [0.2, 0.25) is 0 Å².